The number of rotatable bonds is 6. The molecule has 4 rings (SSSR count). The van der Waals surface area contributed by atoms with Crippen molar-refractivity contribution in [2.45, 2.75) is 38.5 Å². The molecular formula is C21H24N4O5S2. The van der Waals surface area contributed by atoms with E-state index >= 15 is 0 Å². The third-order valence-electron chi connectivity index (χ3n) is 5.43. The number of carbonyl (C=O) groups is 2. The molecule has 2 N–H and O–H groups in total. The number of H-pyrrole nitrogens is 1. The van der Waals surface area contributed by atoms with Gasteiger partial charge in [-0.25, -0.2) is 18.2 Å². The molecule has 2 aromatic heterocycles. The Bertz CT molecular complexity index is 1300. The minimum atomic E-state index is -3.53. The number of hydrogen-bond acceptors (Lipinski definition) is 7. The van der Waals surface area contributed by atoms with E-state index in [1.807, 2.05) is 0 Å². The van der Waals surface area contributed by atoms with Gasteiger partial charge in [0.2, 0.25) is 10.0 Å². The molecule has 1 amide bonds. The van der Waals surface area contributed by atoms with E-state index in [1.54, 1.807) is 39.0 Å². The van der Waals surface area contributed by atoms with E-state index in [2.05, 4.69) is 15.3 Å². The van der Waals surface area contributed by atoms with Gasteiger partial charge in [0, 0.05) is 18.8 Å². The number of ether oxygens (including phenoxy) is 1. The molecule has 1 aromatic carbocycles. The van der Waals surface area contributed by atoms with Crippen LogP contribution in [0.5, 0.6) is 0 Å². The van der Waals surface area contributed by atoms with Gasteiger partial charge >= 0.3 is 5.97 Å². The number of nitrogens with one attached hydrogen (secondary N) is 2. The molecule has 0 unspecified atom stereocenters. The van der Waals surface area contributed by atoms with Gasteiger partial charge in [-0.2, -0.15) is 4.31 Å². The van der Waals surface area contributed by atoms with Crippen molar-refractivity contribution in [1.29, 1.82) is 0 Å². The number of amides is 1. The number of sulfonamides is 1. The first-order chi connectivity index (χ1) is 15.2. The fraction of sp³-hybridized carbons (Fsp3) is 0.381. The SMILES string of the molecule is CCOC(=O)c1c(C)[nH]c(C(=O)Nc2nc3ccc(S(=O)(=O)N4CCCC4)cc3s2)c1C. The molecule has 0 aliphatic carbocycles. The summed E-state index contributed by atoms with van der Waals surface area (Å²) < 4.78 is 32.9. The number of nitrogens with zero attached hydrogens (tertiary/aromatic N) is 2. The number of thiazole rings is 1. The average molecular weight is 477 g/mol. The lowest BCUT2D eigenvalue weighted by Gasteiger charge is -2.15. The minimum Gasteiger partial charge on any atom is -0.462 e. The molecule has 11 heteroatoms. The van der Waals surface area contributed by atoms with Gasteiger partial charge in [0.25, 0.3) is 5.91 Å². The van der Waals surface area contributed by atoms with Crippen molar-refractivity contribution >= 4 is 48.6 Å². The highest BCUT2D eigenvalue weighted by Gasteiger charge is 2.28. The van der Waals surface area contributed by atoms with Crippen LogP contribution in [0.15, 0.2) is 23.1 Å². The van der Waals surface area contributed by atoms with E-state index in [9.17, 15) is 18.0 Å². The number of fused-ring (bicyclic) bond motifs is 1. The standard InChI is InChI=1S/C21H24N4O5S2/c1-4-30-20(27)17-12(2)18(22-13(17)3)19(26)24-21-23-15-8-7-14(11-16(15)31-21)32(28,29)25-9-5-6-10-25/h7-8,11,22H,4-6,9-10H2,1-3H3,(H,23,24,26). The van der Waals surface area contributed by atoms with Gasteiger partial charge in [-0.05, 0) is 57.4 Å². The number of anilines is 1. The van der Waals surface area contributed by atoms with Crippen molar-refractivity contribution < 1.29 is 22.7 Å². The highest BCUT2D eigenvalue weighted by Crippen LogP contribution is 2.30. The molecule has 1 fully saturated rings. The van der Waals surface area contributed by atoms with E-state index < -0.39 is 21.9 Å². The normalized spacial score (nSPS) is 14.7. The Kier molecular flexibility index (Phi) is 6.06. The molecule has 32 heavy (non-hydrogen) atoms. The average Bonchev–Trinajstić information content (AvgIpc) is 3.46. The first-order valence-electron chi connectivity index (χ1n) is 10.3. The van der Waals surface area contributed by atoms with Crippen LogP contribution in [0, 0.1) is 13.8 Å². The summed E-state index contributed by atoms with van der Waals surface area (Å²) in [6.45, 7) is 6.41. The fourth-order valence-electron chi connectivity index (χ4n) is 3.84. The summed E-state index contributed by atoms with van der Waals surface area (Å²) in [4.78, 5) is 32.6. The molecule has 170 valence electrons. The van der Waals surface area contributed by atoms with Crippen LogP contribution in [0.3, 0.4) is 0 Å². The fourth-order valence-corrected chi connectivity index (χ4v) is 6.36. The Morgan fingerprint density at radius 2 is 1.97 bits per heavy atom. The van der Waals surface area contributed by atoms with Gasteiger partial charge in [-0.3, -0.25) is 10.1 Å². The summed E-state index contributed by atoms with van der Waals surface area (Å²) in [5.41, 5.74) is 2.24. The van der Waals surface area contributed by atoms with Gasteiger partial charge in [0.05, 0.1) is 27.3 Å². The van der Waals surface area contributed by atoms with E-state index in [0.29, 0.717) is 45.3 Å². The lowest BCUT2D eigenvalue weighted by molar-refractivity contribution is 0.0525. The third-order valence-corrected chi connectivity index (χ3v) is 8.26. The molecule has 3 aromatic rings. The topological polar surface area (TPSA) is 121 Å². The van der Waals surface area contributed by atoms with Crippen LogP contribution in [0.2, 0.25) is 0 Å². The molecule has 3 heterocycles. The number of aromatic nitrogens is 2. The second-order valence-electron chi connectivity index (χ2n) is 7.56. The molecule has 0 atom stereocenters. The zero-order chi connectivity index (χ0) is 23.0. The molecule has 0 spiro atoms. The summed E-state index contributed by atoms with van der Waals surface area (Å²) >= 11 is 1.19. The second kappa shape index (κ2) is 8.64. The van der Waals surface area contributed by atoms with Crippen molar-refractivity contribution in [1.82, 2.24) is 14.3 Å². The molecule has 9 nitrogen and oxygen atoms in total. The van der Waals surface area contributed by atoms with Crippen molar-refractivity contribution in [3.05, 3.63) is 40.7 Å². The zero-order valence-corrected chi connectivity index (χ0v) is 19.7. The highest BCUT2D eigenvalue weighted by atomic mass is 32.2. The van der Waals surface area contributed by atoms with Crippen molar-refractivity contribution in [2.75, 3.05) is 25.0 Å². The number of aryl methyl sites for hydroxylation is 1. The lowest BCUT2D eigenvalue weighted by atomic mass is 10.1. The van der Waals surface area contributed by atoms with E-state index in [4.69, 9.17) is 4.74 Å². The number of hydrogen-bond donors (Lipinski definition) is 2. The van der Waals surface area contributed by atoms with E-state index in [1.165, 1.54) is 15.6 Å². The Morgan fingerprint density at radius 3 is 2.66 bits per heavy atom. The predicted octanol–water partition coefficient (Wildman–Crippen LogP) is 3.45. The summed E-state index contributed by atoms with van der Waals surface area (Å²) in [7, 11) is -3.53. The number of carbonyl (C=O) groups excluding carboxylic acids is 2. The molecular weight excluding hydrogens is 452 g/mol. The first-order valence-corrected chi connectivity index (χ1v) is 12.6. The van der Waals surface area contributed by atoms with Gasteiger partial charge in [0.15, 0.2) is 5.13 Å². The monoisotopic (exact) mass is 476 g/mol. The van der Waals surface area contributed by atoms with Gasteiger partial charge in [0.1, 0.15) is 5.69 Å². The molecule has 1 aliphatic heterocycles. The van der Waals surface area contributed by atoms with Crippen LogP contribution in [0.25, 0.3) is 10.2 Å². The van der Waals surface area contributed by atoms with Crippen LogP contribution in [0.1, 0.15) is 51.9 Å². The molecule has 0 saturated carbocycles. The molecule has 0 radical (unpaired) electrons. The van der Waals surface area contributed by atoms with E-state index in [-0.39, 0.29) is 17.2 Å². The summed E-state index contributed by atoms with van der Waals surface area (Å²) in [5, 5.41) is 3.08. The lowest BCUT2D eigenvalue weighted by Crippen LogP contribution is -2.27. The largest absolute Gasteiger partial charge is 0.462 e. The highest BCUT2D eigenvalue weighted by molar-refractivity contribution is 7.89. The van der Waals surface area contributed by atoms with Crippen LogP contribution < -0.4 is 5.32 Å². The van der Waals surface area contributed by atoms with Gasteiger partial charge in [-0.1, -0.05) is 11.3 Å². The van der Waals surface area contributed by atoms with Gasteiger partial charge < -0.3 is 9.72 Å². The Balaban J connectivity index is 1.58. The summed E-state index contributed by atoms with van der Waals surface area (Å²) in [6, 6.07) is 4.79. The third kappa shape index (κ3) is 4.03. The Labute approximate surface area is 189 Å². The van der Waals surface area contributed by atoms with Crippen molar-refractivity contribution in [3.8, 4) is 0 Å². The molecule has 1 saturated heterocycles. The van der Waals surface area contributed by atoms with Crippen molar-refractivity contribution in [3.63, 3.8) is 0 Å². The van der Waals surface area contributed by atoms with Gasteiger partial charge in [-0.15, -0.1) is 0 Å². The Hall–Kier alpha value is -2.76. The maximum Gasteiger partial charge on any atom is 0.340 e. The number of esters is 1. The smallest absolute Gasteiger partial charge is 0.340 e. The number of benzene rings is 1. The van der Waals surface area contributed by atoms with Crippen LogP contribution in [-0.2, 0) is 14.8 Å². The second-order valence-corrected chi connectivity index (χ2v) is 10.5. The minimum absolute atomic E-state index is 0.225. The zero-order valence-electron chi connectivity index (χ0n) is 18.0. The predicted molar refractivity (Wildman–Crippen MR) is 122 cm³/mol. The van der Waals surface area contributed by atoms with Crippen LogP contribution >= 0.6 is 11.3 Å². The first kappa shape index (κ1) is 22.4. The number of aromatic amines is 1. The summed E-state index contributed by atoms with van der Waals surface area (Å²) in [5.74, 6) is -0.922. The van der Waals surface area contributed by atoms with Crippen molar-refractivity contribution in [2.24, 2.45) is 0 Å². The van der Waals surface area contributed by atoms with E-state index in [0.717, 1.165) is 12.8 Å². The van der Waals surface area contributed by atoms with Crippen LogP contribution in [0.4, 0.5) is 5.13 Å². The molecule has 1 aliphatic rings. The quantitative estimate of drug-likeness (QED) is 0.526. The molecule has 0 bridgehead atoms. The maximum atomic E-state index is 12.8. The maximum absolute atomic E-state index is 12.8. The van der Waals surface area contributed by atoms with Crippen LogP contribution in [-0.4, -0.2) is 54.3 Å². The summed E-state index contributed by atoms with van der Waals surface area (Å²) in [6.07, 6.45) is 1.74. The Morgan fingerprint density at radius 1 is 1.25 bits per heavy atom.